The Hall–Kier alpha value is -2.82. The van der Waals surface area contributed by atoms with Crippen LogP contribution in [-0.2, 0) is 0 Å². The molecule has 1 N–H and O–H groups in total. The summed E-state index contributed by atoms with van der Waals surface area (Å²) >= 11 is 0. The molecule has 0 unspecified atom stereocenters. The van der Waals surface area contributed by atoms with Crippen molar-refractivity contribution in [1.82, 2.24) is 19.7 Å². The van der Waals surface area contributed by atoms with Gasteiger partial charge in [0.05, 0.1) is 11.9 Å². The molecule has 1 fully saturated rings. The maximum Gasteiger partial charge on any atom is 0.256 e. The van der Waals surface area contributed by atoms with Crippen molar-refractivity contribution in [1.29, 1.82) is 0 Å². The fourth-order valence-electron chi connectivity index (χ4n) is 2.67. The lowest BCUT2D eigenvalue weighted by atomic mass is 10.2. The zero-order chi connectivity index (χ0) is 15.8. The number of carbonyl (C=O) groups excluding carboxylic acids is 1. The molecule has 3 aromatic rings. The van der Waals surface area contributed by atoms with E-state index >= 15 is 0 Å². The van der Waals surface area contributed by atoms with Crippen LogP contribution in [0.2, 0.25) is 0 Å². The van der Waals surface area contributed by atoms with Crippen molar-refractivity contribution in [2.45, 2.75) is 25.8 Å². The largest absolute Gasteiger partial charge is 0.349 e. The Morgan fingerprint density at radius 1 is 1.22 bits per heavy atom. The zero-order valence-corrected chi connectivity index (χ0v) is 12.9. The van der Waals surface area contributed by atoms with Crippen molar-refractivity contribution in [2.24, 2.45) is 0 Å². The van der Waals surface area contributed by atoms with E-state index in [1.54, 1.807) is 6.20 Å². The summed E-state index contributed by atoms with van der Waals surface area (Å²) in [4.78, 5) is 12.5. The lowest BCUT2D eigenvalue weighted by molar-refractivity contribution is 0.0951. The van der Waals surface area contributed by atoms with E-state index in [4.69, 9.17) is 0 Å². The molecular formula is C18H18N4O. The molecule has 1 aromatic carbocycles. The Balaban J connectivity index is 1.83. The molecule has 0 radical (unpaired) electrons. The number of benzene rings is 1. The van der Waals surface area contributed by atoms with Gasteiger partial charge in [0, 0.05) is 18.4 Å². The Morgan fingerprint density at radius 2 is 2.00 bits per heavy atom. The first kappa shape index (κ1) is 13.8. The van der Waals surface area contributed by atoms with Crippen LogP contribution in [0, 0.1) is 6.92 Å². The topological polar surface area (TPSA) is 51.9 Å². The van der Waals surface area contributed by atoms with Gasteiger partial charge >= 0.3 is 0 Å². The molecule has 1 amide bonds. The minimum absolute atomic E-state index is 0.0601. The third-order valence-corrected chi connectivity index (χ3v) is 4.00. The van der Waals surface area contributed by atoms with Gasteiger partial charge in [-0.2, -0.15) is 5.10 Å². The monoisotopic (exact) mass is 306 g/mol. The minimum Gasteiger partial charge on any atom is -0.349 e. The van der Waals surface area contributed by atoms with Crippen LogP contribution in [0.5, 0.6) is 0 Å². The highest BCUT2D eigenvalue weighted by atomic mass is 16.1. The highest BCUT2D eigenvalue weighted by Gasteiger charge is 2.27. The van der Waals surface area contributed by atoms with Crippen molar-refractivity contribution in [3.63, 3.8) is 0 Å². The molecule has 1 aliphatic rings. The first-order valence-electron chi connectivity index (χ1n) is 7.81. The van der Waals surface area contributed by atoms with Crippen molar-refractivity contribution in [3.8, 4) is 11.5 Å². The minimum atomic E-state index is -0.0601. The molecule has 2 heterocycles. The van der Waals surface area contributed by atoms with Gasteiger partial charge in [0.15, 0.2) is 5.82 Å². The quantitative estimate of drug-likeness (QED) is 0.806. The van der Waals surface area contributed by atoms with Crippen LogP contribution in [0.4, 0.5) is 0 Å². The fraction of sp³-hybridized carbons (Fsp3) is 0.222. The molecule has 5 nitrogen and oxygen atoms in total. The summed E-state index contributed by atoms with van der Waals surface area (Å²) in [5, 5.41) is 7.51. The second-order valence-electron chi connectivity index (χ2n) is 5.97. The molecule has 4 rings (SSSR count). The van der Waals surface area contributed by atoms with Gasteiger partial charge in [-0.05, 0) is 49.6 Å². The Morgan fingerprint density at radius 3 is 2.70 bits per heavy atom. The summed E-state index contributed by atoms with van der Waals surface area (Å²) < 4.78 is 3.74. The van der Waals surface area contributed by atoms with E-state index in [0.29, 0.717) is 11.6 Å². The molecule has 5 heteroatoms. The molecule has 2 aromatic heterocycles. The maximum atomic E-state index is 12.5. The van der Waals surface area contributed by atoms with E-state index < -0.39 is 0 Å². The number of aromatic nitrogens is 3. The second kappa shape index (κ2) is 5.43. The number of carbonyl (C=O) groups is 1. The average molecular weight is 306 g/mol. The van der Waals surface area contributed by atoms with Gasteiger partial charge in [-0.1, -0.05) is 12.1 Å². The van der Waals surface area contributed by atoms with Crippen molar-refractivity contribution >= 4 is 5.91 Å². The Bertz CT molecular complexity index is 844. The SMILES string of the molecule is Cc1cccc(-n2ncc(C(=O)NC3CC3)c2-n2cccc2)c1. The summed E-state index contributed by atoms with van der Waals surface area (Å²) in [6.07, 6.45) is 7.64. The molecule has 1 saturated carbocycles. The number of aryl methyl sites for hydroxylation is 1. The predicted octanol–water partition coefficient (Wildman–Crippen LogP) is 2.86. The van der Waals surface area contributed by atoms with Gasteiger partial charge in [-0.25, -0.2) is 4.68 Å². The Kier molecular flexibility index (Phi) is 3.26. The predicted molar refractivity (Wildman–Crippen MR) is 88.1 cm³/mol. The molecule has 0 spiro atoms. The van der Waals surface area contributed by atoms with Crippen LogP contribution < -0.4 is 5.32 Å². The number of rotatable bonds is 4. The molecular weight excluding hydrogens is 288 g/mol. The highest BCUT2D eigenvalue weighted by Crippen LogP contribution is 2.23. The van der Waals surface area contributed by atoms with E-state index in [2.05, 4.69) is 16.5 Å². The Labute approximate surface area is 134 Å². The van der Waals surface area contributed by atoms with Gasteiger partial charge in [-0.15, -0.1) is 0 Å². The zero-order valence-electron chi connectivity index (χ0n) is 12.9. The van der Waals surface area contributed by atoms with Crippen molar-refractivity contribution in [2.75, 3.05) is 0 Å². The van der Waals surface area contributed by atoms with Gasteiger partial charge in [0.1, 0.15) is 5.56 Å². The van der Waals surface area contributed by atoms with Crippen LogP contribution in [0.25, 0.3) is 11.5 Å². The summed E-state index contributed by atoms with van der Waals surface area (Å²) in [5.41, 5.74) is 2.69. The lowest BCUT2D eigenvalue weighted by Gasteiger charge is -2.11. The average Bonchev–Trinajstić information content (AvgIpc) is 3.05. The molecule has 0 bridgehead atoms. The molecule has 1 aliphatic carbocycles. The van der Waals surface area contributed by atoms with Gasteiger partial charge in [-0.3, -0.25) is 4.79 Å². The number of amides is 1. The molecule has 0 aliphatic heterocycles. The fourth-order valence-corrected chi connectivity index (χ4v) is 2.67. The molecule has 0 saturated heterocycles. The van der Waals surface area contributed by atoms with Gasteiger partial charge in [0.2, 0.25) is 0 Å². The van der Waals surface area contributed by atoms with Crippen LogP contribution >= 0.6 is 0 Å². The molecule has 23 heavy (non-hydrogen) atoms. The summed E-state index contributed by atoms with van der Waals surface area (Å²) in [6.45, 7) is 2.04. The van der Waals surface area contributed by atoms with E-state index in [1.807, 2.05) is 58.9 Å². The molecule has 0 atom stereocenters. The second-order valence-corrected chi connectivity index (χ2v) is 5.97. The number of nitrogens with one attached hydrogen (secondary N) is 1. The summed E-state index contributed by atoms with van der Waals surface area (Å²) in [7, 11) is 0. The number of hydrogen-bond donors (Lipinski definition) is 1. The molecule has 116 valence electrons. The van der Waals surface area contributed by atoms with E-state index in [9.17, 15) is 4.79 Å². The van der Waals surface area contributed by atoms with E-state index in [-0.39, 0.29) is 5.91 Å². The van der Waals surface area contributed by atoms with Crippen LogP contribution in [0.1, 0.15) is 28.8 Å². The number of hydrogen-bond acceptors (Lipinski definition) is 2. The first-order chi connectivity index (χ1) is 11.2. The summed E-state index contributed by atoms with van der Waals surface area (Å²) in [6, 6.07) is 12.3. The third kappa shape index (κ3) is 2.65. The summed E-state index contributed by atoms with van der Waals surface area (Å²) in [5.74, 6) is 0.703. The maximum absolute atomic E-state index is 12.5. The normalized spacial score (nSPS) is 14.0. The lowest BCUT2D eigenvalue weighted by Crippen LogP contribution is -2.26. The smallest absolute Gasteiger partial charge is 0.256 e. The van der Waals surface area contributed by atoms with Gasteiger partial charge < -0.3 is 9.88 Å². The van der Waals surface area contributed by atoms with Gasteiger partial charge in [0.25, 0.3) is 5.91 Å². The van der Waals surface area contributed by atoms with Crippen LogP contribution in [0.15, 0.2) is 55.0 Å². The van der Waals surface area contributed by atoms with Crippen LogP contribution in [-0.4, -0.2) is 26.3 Å². The standard InChI is InChI=1S/C18H18N4O/c1-13-5-4-6-15(11-13)22-18(21-9-2-3-10-21)16(12-19-22)17(23)20-14-7-8-14/h2-6,9-12,14H,7-8H2,1H3,(H,20,23). The van der Waals surface area contributed by atoms with E-state index in [0.717, 1.165) is 29.9 Å². The first-order valence-corrected chi connectivity index (χ1v) is 7.81. The van der Waals surface area contributed by atoms with Crippen molar-refractivity contribution < 1.29 is 4.79 Å². The number of nitrogens with zero attached hydrogens (tertiary/aromatic N) is 3. The third-order valence-electron chi connectivity index (χ3n) is 4.00. The van der Waals surface area contributed by atoms with Crippen LogP contribution in [0.3, 0.4) is 0 Å². The highest BCUT2D eigenvalue weighted by molar-refractivity contribution is 5.97. The van der Waals surface area contributed by atoms with E-state index in [1.165, 1.54) is 0 Å². The van der Waals surface area contributed by atoms with Crippen molar-refractivity contribution in [3.05, 3.63) is 66.1 Å².